The molecule has 6 rings (SSSR count). The lowest BCUT2D eigenvalue weighted by atomic mass is 10.2. The number of fused-ring (bicyclic) bond motifs is 2. The van der Waals surface area contributed by atoms with Crippen LogP contribution in [0.2, 0.25) is 5.02 Å². The molecular formula is C27H19ClF2N8O2S. The first-order valence-corrected chi connectivity index (χ1v) is 13.9. The van der Waals surface area contributed by atoms with E-state index in [0.29, 0.717) is 28.1 Å². The highest BCUT2D eigenvalue weighted by Gasteiger charge is 2.23. The molecule has 0 atom stereocenters. The molecule has 206 valence electrons. The molecule has 0 bridgehead atoms. The number of benzene rings is 3. The van der Waals surface area contributed by atoms with Crippen LogP contribution in [0.4, 0.5) is 31.7 Å². The first-order chi connectivity index (χ1) is 19.6. The number of nitrogens with one attached hydrogen (secondary N) is 2. The topological polar surface area (TPSA) is 141 Å². The second-order valence-electron chi connectivity index (χ2n) is 8.97. The molecule has 0 aliphatic heterocycles. The molecule has 0 fully saturated rings. The van der Waals surface area contributed by atoms with Gasteiger partial charge in [-0.3, -0.25) is 9.29 Å². The molecule has 0 aliphatic rings. The number of nitrogens with two attached hydrogens (primary N) is 1. The van der Waals surface area contributed by atoms with Gasteiger partial charge in [0.05, 0.1) is 27.3 Å². The summed E-state index contributed by atoms with van der Waals surface area (Å²) in [4.78, 5) is 17.2. The molecule has 10 nitrogen and oxygen atoms in total. The lowest BCUT2D eigenvalue weighted by molar-refractivity contribution is 0.588. The molecule has 0 radical (unpaired) electrons. The van der Waals surface area contributed by atoms with Crippen LogP contribution in [0.1, 0.15) is 5.56 Å². The van der Waals surface area contributed by atoms with E-state index in [0.717, 1.165) is 12.1 Å². The first kappa shape index (κ1) is 26.3. The molecule has 0 saturated carbocycles. The molecule has 4 N–H and O–H groups in total. The van der Waals surface area contributed by atoms with Crippen LogP contribution in [0.15, 0.2) is 78.2 Å². The summed E-state index contributed by atoms with van der Waals surface area (Å²) in [5, 5.41) is 2.85. The van der Waals surface area contributed by atoms with E-state index in [1.807, 2.05) is 6.07 Å². The number of para-hydroxylation sites is 1. The monoisotopic (exact) mass is 592 g/mol. The Balaban J connectivity index is 1.40. The summed E-state index contributed by atoms with van der Waals surface area (Å²) in [7, 11) is -4.26. The predicted molar refractivity (Wildman–Crippen MR) is 153 cm³/mol. The minimum Gasteiger partial charge on any atom is -0.397 e. The lowest BCUT2D eigenvalue weighted by Gasteiger charge is -2.15. The molecule has 3 aromatic heterocycles. The Morgan fingerprint density at radius 1 is 0.951 bits per heavy atom. The van der Waals surface area contributed by atoms with Crippen LogP contribution in [-0.4, -0.2) is 32.9 Å². The molecule has 0 unspecified atom stereocenters. The van der Waals surface area contributed by atoms with Gasteiger partial charge in [-0.05, 0) is 61.0 Å². The second-order valence-corrected chi connectivity index (χ2v) is 11.0. The molecule has 0 aliphatic carbocycles. The van der Waals surface area contributed by atoms with Crippen molar-refractivity contribution in [2.24, 2.45) is 0 Å². The Kier molecular flexibility index (Phi) is 6.39. The third-order valence-corrected chi connectivity index (χ3v) is 8.33. The van der Waals surface area contributed by atoms with Gasteiger partial charge in [0.1, 0.15) is 41.0 Å². The number of rotatable bonds is 6. The SMILES string of the molecule is Cc1c(Cl)cccc1S(=O)(=O)Nc1ccc(F)c(Nc2ncnc3ccc(-n4cnc5c(N)cccc54)nc23)c1F. The first-order valence-electron chi connectivity index (χ1n) is 12.0. The number of hydrogen-bond acceptors (Lipinski definition) is 8. The zero-order valence-electron chi connectivity index (χ0n) is 21.1. The average Bonchev–Trinajstić information content (AvgIpc) is 3.39. The van der Waals surface area contributed by atoms with Crippen LogP contribution in [0, 0.1) is 18.6 Å². The fourth-order valence-electron chi connectivity index (χ4n) is 4.34. The number of anilines is 4. The molecular weight excluding hydrogens is 574 g/mol. The Labute approximate surface area is 236 Å². The molecule has 0 amide bonds. The Morgan fingerprint density at radius 2 is 1.76 bits per heavy atom. The van der Waals surface area contributed by atoms with E-state index in [1.54, 1.807) is 35.2 Å². The van der Waals surface area contributed by atoms with Crippen LogP contribution in [0.3, 0.4) is 0 Å². The Morgan fingerprint density at radius 3 is 2.59 bits per heavy atom. The lowest BCUT2D eigenvalue weighted by Crippen LogP contribution is -2.16. The number of sulfonamides is 1. The fourth-order valence-corrected chi connectivity index (χ4v) is 5.90. The van der Waals surface area contributed by atoms with Gasteiger partial charge in [-0.25, -0.2) is 37.1 Å². The Hall–Kier alpha value is -4.88. The minimum absolute atomic E-state index is 0.00993. The quantitative estimate of drug-likeness (QED) is 0.208. The van der Waals surface area contributed by atoms with Crippen LogP contribution in [-0.2, 0) is 10.0 Å². The van der Waals surface area contributed by atoms with Crippen molar-refractivity contribution in [1.29, 1.82) is 0 Å². The largest absolute Gasteiger partial charge is 0.397 e. The van der Waals surface area contributed by atoms with Gasteiger partial charge in [-0.2, -0.15) is 0 Å². The van der Waals surface area contributed by atoms with Gasteiger partial charge in [0.2, 0.25) is 0 Å². The standard InChI is InChI=1S/C27H19ClF2N8O2S/c1-14-15(28)4-2-7-21(14)41(39,40)37-18-9-8-16(29)24(23(18)30)36-27-26-19(32-12-33-27)10-11-22(35-26)38-13-34-25-17(31)5-3-6-20(25)38/h2-13,37H,31H2,1H3,(H,32,33,36). The number of pyridine rings is 1. The van der Waals surface area contributed by atoms with E-state index in [4.69, 9.17) is 17.3 Å². The summed E-state index contributed by atoms with van der Waals surface area (Å²) in [5.41, 5.74) is 7.58. The summed E-state index contributed by atoms with van der Waals surface area (Å²) < 4.78 is 60.5. The third-order valence-electron chi connectivity index (χ3n) is 6.41. The second kappa shape index (κ2) is 9.94. The summed E-state index contributed by atoms with van der Waals surface area (Å²) in [6.45, 7) is 1.52. The van der Waals surface area contributed by atoms with Crippen molar-refractivity contribution in [3.05, 3.63) is 95.5 Å². The zero-order valence-corrected chi connectivity index (χ0v) is 22.7. The summed E-state index contributed by atoms with van der Waals surface area (Å²) in [5.74, 6) is -1.75. The van der Waals surface area contributed by atoms with Gasteiger partial charge in [-0.15, -0.1) is 0 Å². The fraction of sp³-hybridized carbons (Fsp3) is 0.0370. The number of nitrogens with zero attached hydrogens (tertiary/aromatic N) is 5. The Bertz CT molecular complexity index is 2100. The smallest absolute Gasteiger partial charge is 0.262 e. The van der Waals surface area contributed by atoms with Crippen molar-refractivity contribution >= 4 is 66.6 Å². The number of halogens is 3. The van der Waals surface area contributed by atoms with Gasteiger partial charge in [0, 0.05) is 5.02 Å². The van der Waals surface area contributed by atoms with E-state index in [-0.39, 0.29) is 26.8 Å². The number of nitrogen functional groups attached to an aromatic ring is 1. The third kappa shape index (κ3) is 4.64. The van der Waals surface area contributed by atoms with Gasteiger partial charge < -0.3 is 11.1 Å². The number of imidazole rings is 1. The molecule has 0 saturated heterocycles. The maximum absolute atomic E-state index is 15.6. The van der Waals surface area contributed by atoms with E-state index < -0.39 is 33.0 Å². The maximum Gasteiger partial charge on any atom is 0.262 e. The number of aromatic nitrogens is 5. The normalized spacial score (nSPS) is 11.7. The summed E-state index contributed by atoms with van der Waals surface area (Å²) in [6.07, 6.45) is 2.77. The number of hydrogen-bond donors (Lipinski definition) is 3. The van der Waals surface area contributed by atoms with E-state index in [9.17, 15) is 12.8 Å². The molecule has 0 spiro atoms. The maximum atomic E-state index is 15.6. The van der Waals surface area contributed by atoms with Gasteiger partial charge in [0.15, 0.2) is 11.6 Å². The highest BCUT2D eigenvalue weighted by molar-refractivity contribution is 7.92. The van der Waals surface area contributed by atoms with Gasteiger partial charge >= 0.3 is 0 Å². The molecule has 14 heteroatoms. The molecule has 3 aromatic carbocycles. The van der Waals surface area contributed by atoms with E-state index in [1.165, 1.54) is 31.5 Å². The van der Waals surface area contributed by atoms with Crippen molar-refractivity contribution in [1.82, 2.24) is 24.5 Å². The zero-order chi connectivity index (χ0) is 28.9. The van der Waals surface area contributed by atoms with E-state index >= 15 is 4.39 Å². The van der Waals surface area contributed by atoms with Crippen LogP contribution >= 0.6 is 11.6 Å². The highest BCUT2D eigenvalue weighted by atomic mass is 35.5. The van der Waals surface area contributed by atoms with Crippen molar-refractivity contribution in [3.63, 3.8) is 0 Å². The van der Waals surface area contributed by atoms with Crippen molar-refractivity contribution in [2.45, 2.75) is 11.8 Å². The minimum atomic E-state index is -4.26. The van der Waals surface area contributed by atoms with E-state index in [2.05, 4.69) is 30.0 Å². The van der Waals surface area contributed by atoms with Crippen LogP contribution < -0.4 is 15.8 Å². The van der Waals surface area contributed by atoms with Crippen molar-refractivity contribution in [3.8, 4) is 5.82 Å². The van der Waals surface area contributed by atoms with Gasteiger partial charge in [0.25, 0.3) is 10.0 Å². The molecule has 6 aromatic rings. The van der Waals surface area contributed by atoms with Crippen LogP contribution in [0.25, 0.3) is 27.9 Å². The molecule has 3 heterocycles. The highest BCUT2D eigenvalue weighted by Crippen LogP contribution is 2.33. The predicted octanol–water partition coefficient (Wildman–Crippen LogP) is 5.73. The van der Waals surface area contributed by atoms with Crippen molar-refractivity contribution in [2.75, 3.05) is 15.8 Å². The average molecular weight is 593 g/mol. The summed E-state index contributed by atoms with van der Waals surface area (Å²) >= 11 is 6.06. The summed E-state index contributed by atoms with van der Waals surface area (Å²) in [6, 6.07) is 15.0. The van der Waals surface area contributed by atoms with Gasteiger partial charge in [-0.1, -0.05) is 23.7 Å². The van der Waals surface area contributed by atoms with Crippen LogP contribution in [0.5, 0.6) is 0 Å². The van der Waals surface area contributed by atoms with Crippen molar-refractivity contribution < 1.29 is 17.2 Å². The molecule has 41 heavy (non-hydrogen) atoms.